The van der Waals surface area contributed by atoms with Gasteiger partial charge in [0.25, 0.3) is 0 Å². The Morgan fingerprint density at radius 1 is 1.25 bits per heavy atom. The van der Waals surface area contributed by atoms with E-state index in [1.54, 1.807) is 11.3 Å². The number of thiophene rings is 1. The molecular weight excluding hydrogens is 438 g/mol. The van der Waals surface area contributed by atoms with Crippen LogP contribution in [0.15, 0.2) is 33.4 Å². The van der Waals surface area contributed by atoms with E-state index in [1.807, 2.05) is 25.7 Å². The van der Waals surface area contributed by atoms with Crippen LogP contribution in [0.4, 0.5) is 4.79 Å². The zero-order valence-corrected chi connectivity index (χ0v) is 19.4. The van der Waals surface area contributed by atoms with Gasteiger partial charge in [0.1, 0.15) is 18.0 Å². The van der Waals surface area contributed by atoms with Gasteiger partial charge in [0.2, 0.25) is 0 Å². The molecule has 1 aliphatic rings. The highest BCUT2D eigenvalue weighted by Gasteiger charge is 2.27. The Kier molecular flexibility index (Phi) is 6.71. The minimum atomic E-state index is -0.445. The molecule has 1 saturated heterocycles. The number of likely N-dealkylation sites (tertiary alicyclic amines) is 1. The van der Waals surface area contributed by atoms with Gasteiger partial charge in [0.15, 0.2) is 0 Å². The molecule has 1 aromatic heterocycles. The molecule has 0 radical (unpaired) electrons. The first-order valence-corrected chi connectivity index (χ1v) is 11.3. The molecule has 0 atom stereocenters. The van der Waals surface area contributed by atoms with Crippen LogP contribution < -0.4 is 4.74 Å². The maximum absolute atomic E-state index is 12.2. The Labute approximate surface area is 180 Å². The van der Waals surface area contributed by atoms with Crippen molar-refractivity contribution in [2.75, 3.05) is 13.1 Å². The fraction of sp³-hybridized carbons (Fsp3) is 0.500. The summed E-state index contributed by atoms with van der Waals surface area (Å²) in [6.45, 7) is 9.85. The van der Waals surface area contributed by atoms with Crippen LogP contribution in [0.25, 0.3) is 0 Å². The highest BCUT2D eigenvalue weighted by atomic mass is 79.9. The molecule has 0 N–H and O–H groups in total. The molecule has 0 spiro atoms. The Bertz CT molecular complexity index is 819. The lowest BCUT2D eigenvalue weighted by atomic mass is 9.88. The lowest BCUT2D eigenvalue weighted by Crippen LogP contribution is -2.41. The number of nitrogens with zero attached hydrogens (tertiary/aromatic N) is 1. The van der Waals surface area contributed by atoms with Gasteiger partial charge in [-0.15, -0.1) is 11.3 Å². The number of ether oxygens (including phenoxy) is 2. The minimum absolute atomic E-state index is 0.203. The van der Waals surface area contributed by atoms with Crippen molar-refractivity contribution in [2.24, 2.45) is 0 Å². The number of benzene rings is 1. The molecule has 1 aromatic carbocycles. The molecule has 1 fully saturated rings. The molecule has 2 heterocycles. The minimum Gasteiger partial charge on any atom is -0.489 e. The molecule has 152 valence electrons. The number of carbonyl (C=O) groups is 1. The summed E-state index contributed by atoms with van der Waals surface area (Å²) < 4.78 is 12.6. The number of piperidine rings is 1. The fourth-order valence-corrected chi connectivity index (χ4v) is 4.59. The van der Waals surface area contributed by atoms with Crippen molar-refractivity contribution < 1.29 is 14.3 Å². The van der Waals surface area contributed by atoms with Gasteiger partial charge in [-0.2, -0.15) is 0 Å². The van der Waals surface area contributed by atoms with Gasteiger partial charge in [0, 0.05) is 18.7 Å². The van der Waals surface area contributed by atoms with Gasteiger partial charge in [-0.1, -0.05) is 12.1 Å². The van der Waals surface area contributed by atoms with E-state index in [4.69, 9.17) is 9.47 Å². The van der Waals surface area contributed by atoms with E-state index < -0.39 is 5.60 Å². The second kappa shape index (κ2) is 8.87. The third-order valence-electron chi connectivity index (χ3n) is 4.89. The van der Waals surface area contributed by atoms with Gasteiger partial charge >= 0.3 is 6.09 Å². The van der Waals surface area contributed by atoms with Crippen molar-refractivity contribution in [1.29, 1.82) is 0 Å². The highest BCUT2D eigenvalue weighted by molar-refractivity contribution is 9.11. The summed E-state index contributed by atoms with van der Waals surface area (Å²) in [5, 5.41) is 2.06. The SMILES string of the molecule is Cc1cc(C2CCN(C(=O)OC(C)(C)C)CC2)ccc1OCc1ccsc1Br. The van der Waals surface area contributed by atoms with Crippen LogP contribution in [0, 0.1) is 6.92 Å². The van der Waals surface area contributed by atoms with E-state index in [0.717, 1.165) is 41.0 Å². The van der Waals surface area contributed by atoms with E-state index in [9.17, 15) is 4.79 Å². The zero-order chi connectivity index (χ0) is 20.3. The predicted octanol–water partition coefficient (Wildman–Crippen LogP) is 6.51. The van der Waals surface area contributed by atoms with Gasteiger partial charge in [-0.25, -0.2) is 4.79 Å². The number of amides is 1. The number of carbonyl (C=O) groups excluding carboxylic acids is 1. The number of halogens is 1. The van der Waals surface area contributed by atoms with E-state index in [-0.39, 0.29) is 6.09 Å². The molecule has 0 saturated carbocycles. The summed E-state index contributed by atoms with van der Waals surface area (Å²) in [4.78, 5) is 14.1. The second-order valence-electron chi connectivity index (χ2n) is 8.27. The second-order valence-corrected chi connectivity index (χ2v) is 10.5. The van der Waals surface area contributed by atoms with Crippen molar-refractivity contribution in [3.8, 4) is 5.75 Å². The van der Waals surface area contributed by atoms with Crippen LogP contribution in [-0.4, -0.2) is 29.7 Å². The van der Waals surface area contributed by atoms with Crippen LogP contribution >= 0.6 is 27.3 Å². The molecule has 0 aliphatic carbocycles. The molecule has 6 heteroatoms. The van der Waals surface area contributed by atoms with E-state index in [2.05, 4.69) is 52.5 Å². The van der Waals surface area contributed by atoms with Crippen molar-refractivity contribution in [3.63, 3.8) is 0 Å². The average molecular weight is 466 g/mol. The molecule has 0 bridgehead atoms. The Morgan fingerprint density at radius 2 is 1.96 bits per heavy atom. The smallest absolute Gasteiger partial charge is 0.410 e. The van der Waals surface area contributed by atoms with Crippen LogP contribution in [-0.2, 0) is 11.3 Å². The monoisotopic (exact) mass is 465 g/mol. The van der Waals surface area contributed by atoms with Gasteiger partial charge in [0.05, 0.1) is 3.79 Å². The number of hydrogen-bond acceptors (Lipinski definition) is 4. The third kappa shape index (κ3) is 5.51. The van der Waals surface area contributed by atoms with Crippen LogP contribution in [0.3, 0.4) is 0 Å². The largest absolute Gasteiger partial charge is 0.489 e. The van der Waals surface area contributed by atoms with E-state index in [1.165, 1.54) is 11.1 Å². The molecule has 1 amide bonds. The molecule has 3 rings (SSSR count). The zero-order valence-electron chi connectivity index (χ0n) is 17.0. The van der Waals surface area contributed by atoms with Crippen molar-refractivity contribution in [2.45, 2.75) is 58.7 Å². The first-order valence-electron chi connectivity index (χ1n) is 9.66. The van der Waals surface area contributed by atoms with E-state index in [0.29, 0.717) is 12.5 Å². The van der Waals surface area contributed by atoms with Crippen molar-refractivity contribution >= 4 is 33.4 Å². The normalized spacial score (nSPS) is 15.5. The third-order valence-corrected chi connectivity index (χ3v) is 6.70. The highest BCUT2D eigenvalue weighted by Crippen LogP contribution is 2.32. The van der Waals surface area contributed by atoms with Crippen molar-refractivity contribution in [3.05, 3.63) is 50.1 Å². The van der Waals surface area contributed by atoms with Gasteiger partial charge < -0.3 is 14.4 Å². The number of aryl methyl sites for hydroxylation is 1. The van der Waals surface area contributed by atoms with Gasteiger partial charge in [-0.05, 0) is 91.0 Å². The Hall–Kier alpha value is -1.53. The van der Waals surface area contributed by atoms with Gasteiger partial charge in [-0.3, -0.25) is 0 Å². The maximum Gasteiger partial charge on any atom is 0.410 e. The summed E-state index contributed by atoms with van der Waals surface area (Å²) in [6.07, 6.45) is 1.71. The summed E-state index contributed by atoms with van der Waals surface area (Å²) in [7, 11) is 0. The predicted molar refractivity (Wildman–Crippen MR) is 117 cm³/mol. The Balaban J connectivity index is 1.56. The molecule has 0 unspecified atom stereocenters. The molecule has 4 nitrogen and oxygen atoms in total. The van der Waals surface area contributed by atoms with Crippen molar-refractivity contribution in [1.82, 2.24) is 4.90 Å². The topological polar surface area (TPSA) is 38.8 Å². The fourth-order valence-electron chi connectivity index (χ4n) is 3.39. The Morgan fingerprint density at radius 3 is 2.54 bits per heavy atom. The molecule has 1 aliphatic heterocycles. The standard InChI is InChI=1S/C22H28BrNO3S/c1-15-13-17(5-6-19(15)26-14-18-9-12-28-20(18)23)16-7-10-24(11-8-16)21(25)27-22(2,3)4/h5-6,9,12-13,16H,7-8,10-11,14H2,1-4H3. The molecular formula is C22H28BrNO3S. The number of hydrogen-bond donors (Lipinski definition) is 0. The average Bonchev–Trinajstić information content (AvgIpc) is 3.04. The van der Waals surface area contributed by atoms with Crippen LogP contribution in [0.1, 0.15) is 56.2 Å². The summed E-state index contributed by atoms with van der Waals surface area (Å²) in [5.41, 5.74) is 3.20. The summed E-state index contributed by atoms with van der Waals surface area (Å²) in [5.74, 6) is 1.39. The first kappa shape index (κ1) is 21.2. The molecule has 2 aromatic rings. The lowest BCUT2D eigenvalue weighted by molar-refractivity contribution is 0.0205. The van der Waals surface area contributed by atoms with E-state index >= 15 is 0 Å². The quantitative estimate of drug-likeness (QED) is 0.516. The lowest BCUT2D eigenvalue weighted by Gasteiger charge is -2.33. The molecule has 28 heavy (non-hydrogen) atoms. The van der Waals surface area contributed by atoms with Crippen LogP contribution in [0.2, 0.25) is 0 Å². The summed E-state index contributed by atoms with van der Waals surface area (Å²) >= 11 is 5.22. The maximum atomic E-state index is 12.2. The summed E-state index contributed by atoms with van der Waals surface area (Å²) in [6, 6.07) is 8.55. The van der Waals surface area contributed by atoms with Crippen LogP contribution in [0.5, 0.6) is 5.75 Å². The first-order chi connectivity index (χ1) is 13.2. The number of rotatable bonds is 4.